The van der Waals surface area contributed by atoms with Crippen molar-refractivity contribution in [2.45, 2.75) is 167 Å². The Morgan fingerprint density at radius 1 is 0.909 bits per heavy atom. The molecule has 0 amide bonds. The molecule has 1 N–H and O–H groups in total. The van der Waals surface area contributed by atoms with Crippen LogP contribution in [0.1, 0.15) is 106 Å². The van der Waals surface area contributed by atoms with Crippen molar-refractivity contribution in [3.05, 3.63) is 0 Å². The average molecular weight is 638 g/mol. The summed E-state index contributed by atoms with van der Waals surface area (Å²) in [5.74, 6) is 1.11. The molecule has 256 valence electrons. The lowest BCUT2D eigenvalue weighted by atomic mass is 9.50. The van der Waals surface area contributed by atoms with Gasteiger partial charge in [-0.15, -0.1) is 0 Å². The maximum absolute atomic E-state index is 7.01. The molecule has 7 nitrogen and oxygen atoms in total. The van der Waals surface area contributed by atoms with Gasteiger partial charge in [0.15, 0.2) is 8.32 Å². The third-order valence-electron chi connectivity index (χ3n) is 13.5. The van der Waals surface area contributed by atoms with E-state index in [-0.39, 0.29) is 58.0 Å². The normalized spacial score (nSPS) is 45.3. The number of likely N-dealkylation sites (N-methyl/N-ethyl adjacent to an activating group) is 1. The van der Waals surface area contributed by atoms with E-state index in [0.717, 1.165) is 71.2 Å². The first-order valence-electron chi connectivity index (χ1n) is 18.2. The minimum Gasteiger partial charge on any atom is -0.412 e. The topological polar surface area (TPSA) is 70.7 Å². The molecule has 5 fully saturated rings. The monoisotopic (exact) mass is 637 g/mol. The Labute approximate surface area is 270 Å². The highest BCUT2D eigenvalue weighted by atomic mass is 28.4. The summed E-state index contributed by atoms with van der Waals surface area (Å²) in [6.45, 7) is 24.8. The summed E-state index contributed by atoms with van der Waals surface area (Å²) in [6.07, 6.45) is 10.5. The van der Waals surface area contributed by atoms with Crippen molar-refractivity contribution in [1.82, 2.24) is 5.32 Å². The van der Waals surface area contributed by atoms with Crippen LogP contribution in [0.15, 0.2) is 0 Å². The van der Waals surface area contributed by atoms with Gasteiger partial charge >= 0.3 is 0 Å². The first-order valence-corrected chi connectivity index (χ1v) is 21.1. The van der Waals surface area contributed by atoms with Crippen LogP contribution >= 0.6 is 0 Å². The Hall–Kier alpha value is -0.0631. The van der Waals surface area contributed by atoms with E-state index >= 15 is 0 Å². The summed E-state index contributed by atoms with van der Waals surface area (Å²) in [5.41, 5.74) is -0.397. The molecule has 0 aromatic rings. The van der Waals surface area contributed by atoms with E-state index < -0.39 is 8.32 Å². The predicted octanol–water partition coefficient (Wildman–Crippen LogP) is 7.12. The number of hydrogen-bond acceptors (Lipinski definition) is 7. The average Bonchev–Trinajstić information content (AvgIpc) is 3.73. The highest BCUT2D eigenvalue weighted by molar-refractivity contribution is 6.74. The van der Waals surface area contributed by atoms with Crippen molar-refractivity contribution >= 4 is 8.32 Å². The van der Waals surface area contributed by atoms with Crippen molar-refractivity contribution in [3.63, 3.8) is 0 Å². The van der Waals surface area contributed by atoms with Crippen LogP contribution in [0.4, 0.5) is 0 Å². The van der Waals surface area contributed by atoms with Crippen LogP contribution in [0.5, 0.6) is 0 Å². The molecule has 2 saturated carbocycles. The maximum atomic E-state index is 7.01. The predicted molar refractivity (Wildman–Crippen MR) is 179 cm³/mol. The third-order valence-corrected chi connectivity index (χ3v) is 18.1. The second-order valence-corrected chi connectivity index (χ2v) is 21.9. The Bertz CT molecular complexity index is 953. The smallest absolute Gasteiger partial charge is 0.192 e. The van der Waals surface area contributed by atoms with Gasteiger partial charge in [0.05, 0.1) is 50.3 Å². The molecule has 8 heteroatoms. The number of ether oxygens (including phenoxy) is 5. The molecule has 3 heterocycles. The highest BCUT2D eigenvalue weighted by Gasteiger charge is 2.82. The molecule has 5 aliphatic rings. The maximum Gasteiger partial charge on any atom is 0.192 e. The third kappa shape index (κ3) is 6.38. The summed E-state index contributed by atoms with van der Waals surface area (Å²) in [5, 5.41) is 3.76. The molecule has 5 rings (SSSR count). The lowest BCUT2D eigenvalue weighted by molar-refractivity contribution is -0.260. The summed E-state index contributed by atoms with van der Waals surface area (Å²) >= 11 is 0. The number of hydrogen-bond donors (Lipinski definition) is 1. The van der Waals surface area contributed by atoms with E-state index in [1.54, 1.807) is 0 Å². The Morgan fingerprint density at radius 2 is 1.66 bits per heavy atom. The Kier molecular flexibility index (Phi) is 10.8. The minimum absolute atomic E-state index is 0.0861. The summed E-state index contributed by atoms with van der Waals surface area (Å²) in [6, 6.07) is 0.265. The van der Waals surface area contributed by atoms with Gasteiger partial charge in [0.25, 0.3) is 0 Å². The van der Waals surface area contributed by atoms with Gasteiger partial charge in [0.2, 0.25) is 0 Å². The van der Waals surface area contributed by atoms with E-state index in [4.69, 9.17) is 28.1 Å². The number of epoxide rings is 1. The van der Waals surface area contributed by atoms with Crippen LogP contribution in [0.3, 0.4) is 0 Å². The molecule has 11 atom stereocenters. The van der Waals surface area contributed by atoms with Gasteiger partial charge in [-0.25, -0.2) is 0 Å². The lowest BCUT2D eigenvalue weighted by Crippen LogP contribution is -2.67. The summed E-state index contributed by atoms with van der Waals surface area (Å²) in [4.78, 5) is 0. The van der Waals surface area contributed by atoms with E-state index in [2.05, 4.69) is 73.9 Å². The van der Waals surface area contributed by atoms with Crippen LogP contribution in [-0.4, -0.2) is 90.6 Å². The van der Waals surface area contributed by atoms with Gasteiger partial charge in [-0.05, 0) is 82.5 Å². The van der Waals surface area contributed by atoms with Gasteiger partial charge in [0.1, 0.15) is 5.60 Å². The molecule has 2 bridgehead atoms. The SMILES string of the molecule is CN[C@@H]1COC[C@]23CCC(C)C[C@H]2O[C@@H]2C[C@@H](OCCCCC[C@H]([C@@H](C)O[Si](C)(C)C(C)(C)C)OCC[C@H]1C)[C@@]3(C)[C@]21CO1. The zero-order valence-corrected chi connectivity index (χ0v) is 31.0. The van der Waals surface area contributed by atoms with Gasteiger partial charge in [-0.2, -0.15) is 0 Å². The largest absolute Gasteiger partial charge is 0.412 e. The van der Waals surface area contributed by atoms with E-state index in [0.29, 0.717) is 25.0 Å². The molecule has 0 aromatic heterocycles. The standard InChI is InChI=1S/C36H67NO6Si/c1-25-15-17-35-23-38-22-28(37-8)26(2)16-19-39-29(27(3)43-44(9,10)33(4,5)6)14-12-11-13-18-40-30-21-32(42-31(35)20-25)36(24-41-36)34(30,35)7/h25-32,37H,11-24H2,1-10H3/t25?,26-,27-,28-,29-,30-,31-,32-,34-,35-,36+/m1/s1. The fourth-order valence-electron chi connectivity index (χ4n) is 9.13. The molecule has 3 saturated heterocycles. The molecular weight excluding hydrogens is 570 g/mol. The van der Waals surface area contributed by atoms with Gasteiger partial charge in [-0.3, -0.25) is 0 Å². The molecule has 0 radical (unpaired) electrons. The van der Waals surface area contributed by atoms with Crippen molar-refractivity contribution < 1.29 is 28.1 Å². The number of rotatable bonds is 4. The summed E-state index contributed by atoms with van der Waals surface area (Å²) < 4.78 is 40.6. The second kappa shape index (κ2) is 13.4. The van der Waals surface area contributed by atoms with Gasteiger partial charge in [-0.1, -0.05) is 54.4 Å². The Balaban J connectivity index is 1.33. The zero-order chi connectivity index (χ0) is 32.0. The number of nitrogens with one attached hydrogen (secondary N) is 1. The Morgan fingerprint density at radius 3 is 2.34 bits per heavy atom. The molecular formula is C36H67NO6Si. The van der Waals surface area contributed by atoms with Gasteiger partial charge in [0, 0.05) is 36.5 Å². The van der Waals surface area contributed by atoms with Crippen LogP contribution in [0.2, 0.25) is 18.1 Å². The van der Waals surface area contributed by atoms with Gasteiger partial charge < -0.3 is 33.4 Å². The highest BCUT2D eigenvalue weighted by Crippen LogP contribution is 2.72. The van der Waals surface area contributed by atoms with Crippen LogP contribution in [0.25, 0.3) is 0 Å². The first-order chi connectivity index (χ1) is 20.7. The van der Waals surface area contributed by atoms with Crippen LogP contribution in [0, 0.1) is 22.7 Å². The molecule has 44 heavy (non-hydrogen) atoms. The first kappa shape index (κ1) is 35.2. The van der Waals surface area contributed by atoms with Crippen LogP contribution < -0.4 is 5.32 Å². The van der Waals surface area contributed by atoms with Crippen LogP contribution in [-0.2, 0) is 28.1 Å². The quantitative estimate of drug-likeness (QED) is 0.260. The molecule has 0 aromatic carbocycles. The van der Waals surface area contributed by atoms with E-state index in [1.807, 2.05) is 0 Å². The molecule has 1 unspecified atom stereocenters. The molecule has 2 aliphatic carbocycles. The van der Waals surface area contributed by atoms with Crippen molar-refractivity contribution in [3.8, 4) is 0 Å². The zero-order valence-electron chi connectivity index (χ0n) is 30.0. The lowest BCUT2D eigenvalue weighted by Gasteiger charge is -2.60. The fourth-order valence-corrected chi connectivity index (χ4v) is 10.6. The fraction of sp³-hybridized carbons (Fsp3) is 1.00. The molecule has 3 aliphatic heterocycles. The minimum atomic E-state index is -1.89. The van der Waals surface area contributed by atoms with Crippen molar-refractivity contribution in [1.29, 1.82) is 0 Å². The second-order valence-electron chi connectivity index (χ2n) is 17.1. The van der Waals surface area contributed by atoms with Crippen molar-refractivity contribution in [2.75, 3.05) is 40.1 Å². The van der Waals surface area contributed by atoms with Crippen molar-refractivity contribution in [2.24, 2.45) is 22.7 Å². The van der Waals surface area contributed by atoms with E-state index in [1.165, 1.54) is 6.42 Å². The summed E-state index contributed by atoms with van der Waals surface area (Å²) in [7, 11) is 0.186. The van der Waals surface area contributed by atoms with E-state index in [9.17, 15) is 0 Å². The molecule has 2 spiro atoms.